The van der Waals surface area contributed by atoms with Gasteiger partial charge in [0.15, 0.2) is 16.7 Å². The van der Waals surface area contributed by atoms with E-state index in [2.05, 4.69) is 34.6 Å². The SMILES string of the molecule is COc1cc(/C=C2\SC(=Nc3ccccc3)NC2=O)ccc1OCc1cccc2ccccc12. The molecular formula is C28H22N2O3S. The number of nitrogens with zero attached hydrogens (tertiary/aromatic N) is 1. The number of aliphatic imine (C=N–C) groups is 1. The Morgan fingerprint density at radius 3 is 2.56 bits per heavy atom. The fourth-order valence-electron chi connectivity index (χ4n) is 3.72. The molecule has 0 atom stereocenters. The minimum Gasteiger partial charge on any atom is -0.493 e. The highest BCUT2D eigenvalue weighted by atomic mass is 32.2. The molecule has 0 saturated carbocycles. The molecule has 1 saturated heterocycles. The van der Waals surface area contributed by atoms with Gasteiger partial charge in [0.25, 0.3) is 5.91 Å². The minimum absolute atomic E-state index is 0.171. The third kappa shape index (κ3) is 4.82. The highest BCUT2D eigenvalue weighted by molar-refractivity contribution is 8.18. The van der Waals surface area contributed by atoms with Gasteiger partial charge in [0, 0.05) is 0 Å². The van der Waals surface area contributed by atoms with Gasteiger partial charge in [-0.15, -0.1) is 0 Å². The molecule has 0 bridgehead atoms. The lowest BCUT2D eigenvalue weighted by Crippen LogP contribution is -2.19. The van der Waals surface area contributed by atoms with Gasteiger partial charge in [0.05, 0.1) is 17.7 Å². The van der Waals surface area contributed by atoms with E-state index in [1.54, 1.807) is 7.11 Å². The minimum atomic E-state index is -0.171. The number of hydrogen-bond acceptors (Lipinski definition) is 5. The number of amidine groups is 1. The van der Waals surface area contributed by atoms with Crippen molar-refractivity contribution in [2.75, 3.05) is 7.11 Å². The molecular weight excluding hydrogens is 444 g/mol. The number of para-hydroxylation sites is 1. The lowest BCUT2D eigenvalue weighted by Gasteiger charge is -2.13. The Hall–Kier alpha value is -4.03. The van der Waals surface area contributed by atoms with Gasteiger partial charge in [0.2, 0.25) is 0 Å². The van der Waals surface area contributed by atoms with E-state index >= 15 is 0 Å². The molecule has 4 aromatic carbocycles. The number of rotatable bonds is 6. The summed E-state index contributed by atoms with van der Waals surface area (Å²) in [7, 11) is 1.61. The van der Waals surface area contributed by atoms with Crippen LogP contribution in [0.25, 0.3) is 16.8 Å². The second-order valence-corrected chi connectivity index (χ2v) is 8.69. The Labute approximate surface area is 202 Å². The van der Waals surface area contributed by atoms with E-state index < -0.39 is 0 Å². The molecule has 0 unspecified atom stereocenters. The van der Waals surface area contributed by atoms with Gasteiger partial charge in [-0.05, 0) is 64.0 Å². The van der Waals surface area contributed by atoms with Gasteiger partial charge in [-0.25, -0.2) is 4.99 Å². The van der Waals surface area contributed by atoms with Crippen molar-refractivity contribution in [1.29, 1.82) is 0 Å². The summed E-state index contributed by atoms with van der Waals surface area (Å²) in [4.78, 5) is 17.5. The van der Waals surface area contributed by atoms with Gasteiger partial charge in [-0.2, -0.15) is 0 Å². The fourth-order valence-corrected chi connectivity index (χ4v) is 4.56. The monoisotopic (exact) mass is 466 g/mol. The molecule has 1 heterocycles. The maximum absolute atomic E-state index is 12.4. The summed E-state index contributed by atoms with van der Waals surface area (Å²) >= 11 is 1.31. The number of methoxy groups -OCH3 is 1. The fraction of sp³-hybridized carbons (Fsp3) is 0.0714. The summed E-state index contributed by atoms with van der Waals surface area (Å²) in [6, 6.07) is 29.6. The molecule has 0 aromatic heterocycles. The van der Waals surface area contributed by atoms with Crippen molar-refractivity contribution >= 4 is 45.4 Å². The first-order chi connectivity index (χ1) is 16.7. The van der Waals surface area contributed by atoms with E-state index in [4.69, 9.17) is 9.47 Å². The van der Waals surface area contributed by atoms with Crippen LogP contribution in [0.4, 0.5) is 5.69 Å². The van der Waals surface area contributed by atoms with E-state index in [0.717, 1.165) is 16.8 Å². The predicted octanol–water partition coefficient (Wildman–Crippen LogP) is 6.32. The largest absolute Gasteiger partial charge is 0.493 e. The number of fused-ring (bicyclic) bond motifs is 1. The number of benzene rings is 4. The maximum Gasteiger partial charge on any atom is 0.264 e. The maximum atomic E-state index is 12.4. The van der Waals surface area contributed by atoms with Gasteiger partial charge < -0.3 is 14.8 Å². The molecule has 0 radical (unpaired) electrons. The number of carbonyl (C=O) groups excluding carboxylic acids is 1. The molecule has 1 aliphatic heterocycles. The Morgan fingerprint density at radius 1 is 0.912 bits per heavy atom. The molecule has 1 fully saturated rings. The molecule has 6 heteroatoms. The number of carbonyl (C=O) groups is 1. The normalized spacial score (nSPS) is 15.6. The van der Waals surface area contributed by atoms with E-state index in [0.29, 0.717) is 28.2 Å². The summed E-state index contributed by atoms with van der Waals surface area (Å²) < 4.78 is 11.7. The van der Waals surface area contributed by atoms with Crippen molar-refractivity contribution in [1.82, 2.24) is 5.32 Å². The van der Waals surface area contributed by atoms with Crippen molar-refractivity contribution in [3.8, 4) is 11.5 Å². The van der Waals surface area contributed by atoms with Crippen molar-refractivity contribution in [3.05, 3.63) is 107 Å². The van der Waals surface area contributed by atoms with Crippen molar-refractivity contribution in [2.45, 2.75) is 6.61 Å². The van der Waals surface area contributed by atoms with Crippen LogP contribution in [-0.4, -0.2) is 18.2 Å². The molecule has 5 nitrogen and oxygen atoms in total. The molecule has 5 rings (SSSR count). The summed E-state index contributed by atoms with van der Waals surface area (Å²) in [6.07, 6.45) is 1.82. The van der Waals surface area contributed by atoms with Crippen molar-refractivity contribution < 1.29 is 14.3 Å². The zero-order valence-electron chi connectivity index (χ0n) is 18.5. The average molecular weight is 467 g/mol. The first kappa shape index (κ1) is 21.8. The average Bonchev–Trinajstić information content (AvgIpc) is 3.21. The van der Waals surface area contributed by atoms with Crippen LogP contribution < -0.4 is 14.8 Å². The highest BCUT2D eigenvalue weighted by Crippen LogP contribution is 2.33. The Balaban J connectivity index is 1.33. The summed E-state index contributed by atoms with van der Waals surface area (Å²) in [5, 5.41) is 5.72. The van der Waals surface area contributed by atoms with Crippen molar-refractivity contribution in [2.24, 2.45) is 4.99 Å². The van der Waals surface area contributed by atoms with Crippen LogP contribution in [0.3, 0.4) is 0 Å². The van der Waals surface area contributed by atoms with Gasteiger partial charge >= 0.3 is 0 Å². The Kier molecular flexibility index (Phi) is 6.31. The molecule has 1 amide bonds. The van der Waals surface area contributed by atoms with Gasteiger partial charge in [-0.3, -0.25) is 4.79 Å². The van der Waals surface area contributed by atoms with Crippen LogP contribution in [0.15, 0.2) is 101 Å². The Bertz CT molecular complexity index is 1410. The highest BCUT2D eigenvalue weighted by Gasteiger charge is 2.24. The molecule has 0 aliphatic carbocycles. The molecule has 0 spiro atoms. The second-order valence-electron chi connectivity index (χ2n) is 7.65. The van der Waals surface area contributed by atoms with E-state index in [1.807, 2.05) is 72.8 Å². The lowest BCUT2D eigenvalue weighted by molar-refractivity contribution is -0.115. The predicted molar refractivity (Wildman–Crippen MR) is 139 cm³/mol. The van der Waals surface area contributed by atoms with Crippen LogP contribution in [0.1, 0.15) is 11.1 Å². The molecule has 4 aromatic rings. The Morgan fingerprint density at radius 2 is 1.71 bits per heavy atom. The van der Waals surface area contributed by atoms with E-state index in [1.165, 1.54) is 22.5 Å². The number of amides is 1. The lowest BCUT2D eigenvalue weighted by atomic mass is 10.1. The van der Waals surface area contributed by atoms with Crippen molar-refractivity contribution in [3.63, 3.8) is 0 Å². The van der Waals surface area contributed by atoms with Crippen LogP contribution in [0.5, 0.6) is 11.5 Å². The first-order valence-electron chi connectivity index (χ1n) is 10.8. The summed E-state index contributed by atoms with van der Waals surface area (Å²) in [6.45, 7) is 0.426. The van der Waals surface area contributed by atoms with Gasteiger partial charge in [-0.1, -0.05) is 66.7 Å². The zero-order chi connectivity index (χ0) is 23.3. The quantitative estimate of drug-likeness (QED) is 0.338. The zero-order valence-corrected chi connectivity index (χ0v) is 19.3. The van der Waals surface area contributed by atoms with Crippen LogP contribution in [0, 0.1) is 0 Å². The number of thioether (sulfide) groups is 1. The topological polar surface area (TPSA) is 59.9 Å². The summed E-state index contributed by atoms with van der Waals surface area (Å²) in [5.41, 5.74) is 2.74. The molecule has 1 aliphatic rings. The number of ether oxygens (including phenoxy) is 2. The third-order valence-corrected chi connectivity index (χ3v) is 6.30. The van der Waals surface area contributed by atoms with Crippen LogP contribution in [-0.2, 0) is 11.4 Å². The van der Waals surface area contributed by atoms with Crippen LogP contribution in [0.2, 0.25) is 0 Å². The van der Waals surface area contributed by atoms with Crippen LogP contribution >= 0.6 is 11.8 Å². The third-order valence-electron chi connectivity index (χ3n) is 5.39. The second kappa shape index (κ2) is 9.85. The molecule has 1 N–H and O–H groups in total. The van der Waals surface area contributed by atoms with E-state index in [-0.39, 0.29) is 5.91 Å². The first-order valence-corrected chi connectivity index (χ1v) is 11.6. The standard InChI is InChI=1S/C28H22N2O3S/c1-32-25-16-19(17-26-27(31)30-28(34-26)29-22-11-3-2-4-12-22)14-15-24(25)33-18-21-10-7-9-20-8-5-6-13-23(20)21/h2-17H,18H2,1H3,(H,29,30,31)/b26-17-. The molecule has 168 valence electrons. The number of hydrogen-bond donors (Lipinski definition) is 1. The van der Waals surface area contributed by atoms with Gasteiger partial charge in [0.1, 0.15) is 6.61 Å². The summed E-state index contributed by atoms with van der Waals surface area (Å²) in [5.74, 6) is 1.08. The number of nitrogens with one attached hydrogen (secondary N) is 1. The molecule has 34 heavy (non-hydrogen) atoms. The van der Waals surface area contributed by atoms with E-state index in [9.17, 15) is 4.79 Å². The smallest absolute Gasteiger partial charge is 0.264 e.